The van der Waals surface area contributed by atoms with Crippen LogP contribution >= 0.6 is 0 Å². The standard InChI is InChI=1S/C45H79NO8/c1-6-8-10-12-14-16-18-20-21-22-24-25-27-29-31-33-35-42(47)52-39-41(40-53-45(44(49)50)51-38-37-46(3,4)5)54-43(48)36-34-32-30-28-26-23-19-17-15-13-11-9-7-2/h9,11,15,17,23,26,30,32,41,45H,6-8,10,12-14,16,18-22,24-25,27-29,31,33-40H2,1-5H3/b11-9-,17-15-,26-23-,32-30-. The summed E-state index contributed by atoms with van der Waals surface area (Å²) in [4.78, 5) is 36.8. The van der Waals surface area contributed by atoms with Crippen LogP contribution < -0.4 is 5.11 Å². The molecular formula is C45H79NO8. The summed E-state index contributed by atoms with van der Waals surface area (Å²) in [5.74, 6) is -2.39. The monoisotopic (exact) mass is 762 g/mol. The quantitative estimate of drug-likeness (QED) is 0.0201. The first kappa shape index (κ1) is 51.2. The summed E-state index contributed by atoms with van der Waals surface area (Å²) in [5.41, 5.74) is 0. The summed E-state index contributed by atoms with van der Waals surface area (Å²) in [6.07, 6.45) is 38.8. The highest BCUT2D eigenvalue weighted by Crippen LogP contribution is 2.14. The molecule has 2 atom stereocenters. The Morgan fingerprint density at radius 1 is 0.574 bits per heavy atom. The van der Waals surface area contributed by atoms with E-state index in [1.807, 2.05) is 33.3 Å². The number of esters is 2. The highest BCUT2D eigenvalue weighted by Gasteiger charge is 2.21. The Kier molecular flexibility index (Phi) is 35.3. The molecule has 0 saturated heterocycles. The lowest BCUT2D eigenvalue weighted by atomic mass is 10.0. The van der Waals surface area contributed by atoms with Crippen molar-refractivity contribution in [2.45, 2.75) is 174 Å². The lowest BCUT2D eigenvalue weighted by Crippen LogP contribution is -2.44. The number of ether oxygens (including phenoxy) is 4. The Balaban J connectivity index is 4.53. The Morgan fingerprint density at radius 3 is 1.54 bits per heavy atom. The number of hydrogen-bond donors (Lipinski definition) is 0. The summed E-state index contributed by atoms with van der Waals surface area (Å²) in [6.45, 7) is 4.53. The van der Waals surface area contributed by atoms with Gasteiger partial charge in [0.25, 0.3) is 0 Å². The second-order valence-electron chi connectivity index (χ2n) is 15.3. The van der Waals surface area contributed by atoms with Gasteiger partial charge in [-0.15, -0.1) is 0 Å². The smallest absolute Gasteiger partial charge is 0.306 e. The molecule has 0 fully saturated rings. The normalized spacial score (nSPS) is 13.4. The van der Waals surface area contributed by atoms with Crippen LogP contribution in [0.2, 0.25) is 0 Å². The number of rotatable bonds is 38. The van der Waals surface area contributed by atoms with Crippen LogP contribution in [0.1, 0.15) is 162 Å². The summed E-state index contributed by atoms with van der Waals surface area (Å²) in [7, 11) is 5.88. The predicted molar refractivity (Wildman–Crippen MR) is 219 cm³/mol. The van der Waals surface area contributed by atoms with Crippen LogP contribution in [0.3, 0.4) is 0 Å². The molecule has 0 aliphatic carbocycles. The topological polar surface area (TPSA) is 111 Å². The van der Waals surface area contributed by atoms with Gasteiger partial charge in [-0.1, -0.05) is 159 Å². The Morgan fingerprint density at radius 2 is 1.06 bits per heavy atom. The van der Waals surface area contributed by atoms with Crippen LogP contribution in [0.5, 0.6) is 0 Å². The number of aliphatic carboxylic acids is 1. The van der Waals surface area contributed by atoms with Gasteiger partial charge in [0.15, 0.2) is 12.4 Å². The molecule has 2 unspecified atom stereocenters. The minimum Gasteiger partial charge on any atom is -0.545 e. The van der Waals surface area contributed by atoms with E-state index in [-0.39, 0.29) is 38.6 Å². The van der Waals surface area contributed by atoms with Gasteiger partial charge < -0.3 is 33.3 Å². The molecule has 0 aromatic carbocycles. The molecule has 0 amide bonds. The zero-order chi connectivity index (χ0) is 40.0. The Bertz CT molecular complexity index is 1030. The third-order valence-electron chi connectivity index (χ3n) is 8.85. The fraction of sp³-hybridized carbons (Fsp3) is 0.756. The zero-order valence-corrected chi connectivity index (χ0v) is 35.1. The molecule has 0 saturated carbocycles. The molecule has 0 bridgehead atoms. The average Bonchev–Trinajstić information content (AvgIpc) is 3.12. The van der Waals surface area contributed by atoms with Gasteiger partial charge in [-0.2, -0.15) is 0 Å². The predicted octanol–water partition coefficient (Wildman–Crippen LogP) is 9.49. The highest BCUT2D eigenvalue weighted by atomic mass is 16.7. The van der Waals surface area contributed by atoms with E-state index in [9.17, 15) is 19.5 Å². The maximum Gasteiger partial charge on any atom is 0.306 e. The van der Waals surface area contributed by atoms with Crippen LogP contribution in [-0.2, 0) is 33.3 Å². The van der Waals surface area contributed by atoms with Crippen molar-refractivity contribution in [2.24, 2.45) is 0 Å². The van der Waals surface area contributed by atoms with Crippen molar-refractivity contribution in [1.29, 1.82) is 0 Å². The lowest BCUT2D eigenvalue weighted by Gasteiger charge is -2.26. The van der Waals surface area contributed by atoms with Gasteiger partial charge in [0, 0.05) is 12.8 Å². The highest BCUT2D eigenvalue weighted by molar-refractivity contribution is 5.70. The van der Waals surface area contributed by atoms with Gasteiger partial charge >= 0.3 is 11.9 Å². The molecule has 0 aliphatic heterocycles. The van der Waals surface area contributed by atoms with Gasteiger partial charge in [-0.3, -0.25) is 9.59 Å². The minimum absolute atomic E-state index is 0.127. The molecular weight excluding hydrogens is 682 g/mol. The molecule has 0 spiro atoms. The van der Waals surface area contributed by atoms with E-state index in [0.717, 1.165) is 44.9 Å². The number of carboxylic acid groups (broad SMARTS) is 1. The maximum absolute atomic E-state index is 12.7. The first-order valence-corrected chi connectivity index (χ1v) is 21.3. The number of carbonyl (C=O) groups excluding carboxylic acids is 3. The number of quaternary nitrogens is 1. The number of unbranched alkanes of at least 4 members (excludes halogenated alkanes) is 15. The van der Waals surface area contributed by atoms with Gasteiger partial charge in [-0.05, 0) is 38.5 Å². The molecule has 0 aliphatic rings. The largest absolute Gasteiger partial charge is 0.545 e. The lowest BCUT2D eigenvalue weighted by molar-refractivity contribution is -0.870. The zero-order valence-electron chi connectivity index (χ0n) is 35.1. The van der Waals surface area contributed by atoms with Crippen LogP contribution in [0.15, 0.2) is 48.6 Å². The van der Waals surface area contributed by atoms with Crippen LogP contribution in [0.4, 0.5) is 0 Å². The van der Waals surface area contributed by atoms with Crippen LogP contribution in [-0.4, -0.2) is 82.3 Å². The van der Waals surface area contributed by atoms with E-state index in [0.29, 0.717) is 17.4 Å². The van der Waals surface area contributed by atoms with Crippen molar-refractivity contribution >= 4 is 17.9 Å². The summed E-state index contributed by atoms with van der Waals surface area (Å²) in [5, 5.41) is 11.7. The van der Waals surface area contributed by atoms with Crippen LogP contribution in [0.25, 0.3) is 0 Å². The summed E-state index contributed by atoms with van der Waals surface area (Å²) in [6, 6.07) is 0. The number of likely N-dealkylation sites (N-methyl/N-ethyl adjacent to an activating group) is 1. The second kappa shape index (κ2) is 37.2. The van der Waals surface area contributed by atoms with Crippen molar-refractivity contribution in [2.75, 3.05) is 47.5 Å². The molecule has 9 nitrogen and oxygen atoms in total. The third-order valence-corrected chi connectivity index (χ3v) is 8.85. The fourth-order valence-electron chi connectivity index (χ4n) is 5.55. The molecule has 54 heavy (non-hydrogen) atoms. The van der Waals surface area contributed by atoms with E-state index in [1.165, 1.54) is 83.5 Å². The number of carbonyl (C=O) groups is 3. The molecule has 0 radical (unpaired) electrons. The number of allylic oxidation sites excluding steroid dienone is 8. The summed E-state index contributed by atoms with van der Waals surface area (Å²) >= 11 is 0. The van der Waals surface area contributed by atoms with Crippen molar-refractivity contribution in [1.82, 2.24) is 0 Å². The molecule has 9 heteroatoms. The van der Waals surface area contributed by atoms with Crippen molar-refractivity contribution < 1.29 is 42.9 Å². The van der Waals surface area contributed by atoms with Gasteiger partial charge in [0.05, 0.1) is 40.3 Å². The number of hydrogen-bond acceptors (Lipinski definition) is 8. The van der Waals surface area contributed by atoms with Crippen molar-refractivity contribution in [3.8, 4) is 0 Å². The van der Waals surface area contributed by atoms with Gasteiger partial charge in [-0.25, -0.2) is 0 Å². The maximum atomic E-state index is 12.7. The van der Waals surface area contributed by atoms with Crippen molar-refractivity contribution in [3.63, 3.8) is 0 Å². The van der Waals surface area contributed by atoms with E-state index >= 15 is 0 Å². The molecule has 312 valence electrons. The third kappa shape index (κ3) is 37.6. The Labute approximate surface area is 330 Å². The number of carboxylic acids is 1. The van der Waals surface area contributed by atoms with Crippen molar-refractivity contribution in [3.05, 3.63) is 48.6 Å². The van der Waals surface area contributed by atoms with Gasteiger partial charge in [0.2, 0.25) is 0 Å². The first-order valence-electron chi connectivity index (χ1n) is 21.3. The molecule has 0 aromatic heterocycles. The van der Waals surface area contributed by atoms with Gasteiger partial charge in [0.1, 0.15) is 13.2 Å². The molecule has 0 N–H and O–H groups in total. The van der Waals surface area contributed by atoms with E-state index < -0.39 is 24.3 Å². The Hall–Kier alpha value is -2.75. The average molecular weight is 762 g/mol. The fourth-order valence-corrected chi connectivity index (χ4v) is 5.55. The molecule has 0 aromatic rings. The van der Waals surface area contributed by atoms with E-state index in [2.05, 4.69) is 50.3 Å². The van der Waals surface area contributed by atoms with E-state index in [4.69, 9.17) is 18.9 Å². The van der Waals surface area contributed by atoms with Crippen LogP contribution in [0, 0.1) is 0 Å². The number of nitrogens with zero attached hydrogens (tertiary/aromatic N) is 1. The van der Waals surface area contributed by atoms with E-state index in [1.54, 1.807) is 0 Å². The first-order chi connectivity index (χ1) is 26.1. The molecule has 0 heterocycles. The summed E-state index contributed by atoms with van der Waals surface area (Å²) < 4.78 is 22.4. The SMILES string of the molecule is CC/C=C\C/C=C\C/C=C\C/C=C\CCC(=O)OC(COC(=O)CCCCCCCCCCCCCCCCCC)COC(OCC[N+](C)(C)C)C(=O)[O-]. The second-order valence-corrected chi connectivity index (χ2v) is 15.3. The minimum atomic E-state index is -1.64. The molecule has 0 rings (SSSR count).